The number of nitrogens with one attached hydrogen (secondary N) is 1. The maximum absolute atomic E-state index is 11.6. The predicted octanol–water partition coefficient (Wildman–Crippen LogP) is 1.97. The average Bonchev–Trinajstić information content (AvgIpc) is 2.74. The first-order valence-electron chi connectivity index (χ1n) is 5.90. The molecule has 0 bridgehead atoms. The van der Waals surface area contributed by atoms with E-state index < -0.39 is 0 Å². The summed E-state index contributed by atoms with van der Waals surface area (Å²) in [7, 11) is 0. The van der Waals surface area contributed by atoms with Crippen LogP contribution in [0.4, 0.5) is 0 Å². The molecule has 1 aromatic rings. The Morgan fingerprint density at radius 2 is 2.22 bits per heavy atom. The van der Waals surface area contributed by atoms with Gasteiger partial charge >= 0.3 is 5.97 Å². The number of hydrogen-bond acceptors (Lipinski definition) is 5. The molecule has 1 rings (SSSR count). The van der Waals surface area contributed by atoms with Gasteiger partial charge in [0.2, 0.25) is 5.91 Å². The smallest absolute Gasteiger partial charge is 0.306 e. The van der Waals surface area contributed by atoms with Crippen LogP contribution in [0.5, 0.6) is 0 Å². The SMILES string of the molecule is CCOC(=O)CCC(=O)NC(C)c1nc(C)cs1. The fourth-order valence-electron chi connectivity index (χ4n) is 1.40. The Bertz CT molecular complexity index is 417. The van der Waals surface area contributed by atoms with Crippen LogP contribution >= 0.6 is 11.3 Å². The zero-order valence-electron chi connectivity index (χ0n) is 10.9. The number of nitrogens with zero attached hydrogens (tertiary/aromatic N) is 1. The fraction of sp³-hybridized carbons (Fsp3) is 0.583. The Morgan fingerprint density at radius 3 is 2.78 bits per heavy atom. The van der Waals surface area contributed by atoms with Gasteiger partial charge in [-0.3, -0.25) is 9.59 Å². The van der Waals surface area contributed by atoms with Gasteiger partial charge in [-0.2, -0.15) is 0 Å². The van der Waals surface area contributed by atoms with Gasteiger partial charge in [0.25, 0.3) is 0 Å². The molecule has 1 unspecified atom stereocenters. The molecule has 0 radical (unpaired) electrons. The van der Waals surface area contributed by atoms with Crippen molar-refractivity contribution in [3.8, 4) is 0 Å². The Morgan fingerprint density at radius 1 is 1.50 bits per heavy atom. The van der Waals surface area contributed by atoms with Crippen molar-refractivity contribution < 1.29 is 14.3 Å². The van der Waals surface area contributed by atoms with Crippen LogP contribution in [-0.2, 0) is 14.3 Å². The van der Waals surface area contributed by atoms with Crippen molar-refractivity contribution >= 4 is 23.2 Å². The quantitative estimate of drug-likeness (QED) is 0.802. The molecule has 0 saturated heterocycles. The molecule has 0 aliphatic carbocycles. The summed E-state index contributed by atoms with van der Waals surface area (Å²) >= 11 is 1.51. The normalized spacial score (nSPS) is 11.9. The Balaban J connectivity index is 2.34. The van der Waals surface area contributed by atoms with Crippen LogP contribution in [0.15, 0.2) is 5.38 Å². The molecule has 1 aromatic heterocycles. The van der Waals surface area contributed by atoms with Gasteiger partial charge in [-0.25, -0.2) is 4.98 Å². The van der Waals surface area contributed by atoms with E-state index in [4.69, 9.17) is 4.74 Å². The van der Waals surface area contributed by atoms with Gasteiger partial charge in [0.15, 0.2) is 0 Å². The molecular formula is C12H18N2O3S. The van der Waals surface area contributed by atoms with Crippen molar-refractivity contribution in [2.45, 2.75) is 39.7 Å². The number of ether oxygens (including phenoxy) is 1. The summed E-state index contributed by atoms with van der Waals surface area (Å²) in [5.74, 6) is -0.506. The van der Waals surface area contributed by atoms with Crippen molar-refractivity contribution in [2.75, 3.05) is 6.61 Å². The van der Waals surface area contributed by atoms with E-state index in [2.05, 4.69) is 10.3 Å². The molecule has 6 heteroatoms. The summed E-state index contributed by atoms with van der Waals surface area (Å²) in [4.78, 5) is 27.0. The molecule has 100 valence electrons. The van der Waals surface area contributed by atoms with Crippen molar-refractivity contribution in [3.05, 3.63) is 16.1 Å². The third-order valence-corrected chi connectivity index (χ3v) is 3.39. The van der Waals surface area contributed by atoms with E-state index in [0.717, 1.165) is 10.7 Å². The number of hydrogen-bond donors (Lipinski definition) is 1. The number of rotatable bonds is 6. The van der Waals surface area contributed by atoms with E-state index in [1.165, 1.54) is 11.3 Å². The molecule has 0 fully saturated rings. The van der Waals surface area contributed by atoms with Gasteiger partial charge in [-0.05, 0) is 20.8 Å². The minimum Gasteiger partial charge on any atom is -0.466 e. The maximum atomic E-state index is 11.6. The Kier molecular flexibility index (Phi) is 5.77. The standard InChI is InChI=1S/C12H18N2O3S/c1-4-17-11(16)6-5-10(15)14-9(3)12-13-8(2)7-18-12/h7,9H,4-6H2,1-3H3,(H,14,15). The van der Waals surface area contributed by atoms with Crippen LogP contribution in [0, 0.1) is 6.92 Å². The van der Waals surface area contributed by atoms with Crippen LogP contribution in [-0.4, -0.2) is 23.5 Å². The van der Waals surface area contributed by atoms with Crippen molar-refractivity contribution in [1.29, 1.82) is 0 Å². The topological polar surface area (TPSA) is 68.3 Å². The van der Waals surface area contributed by atoms with Gasteiger partial charge in [0.05, 0.1) is 19.1 Å². The lowest BCUT2D eigenvalue weighted by molar-refractivity contribution is -0.144. The summed E-state index contributed by atoms with van der Waals surface area (Å²) in [5.41, 5.74) is 0.947. The van der Waals surface area contributed by atoms with Crippen LogP contribution in [0.3, 0.4) is 0 Å². The highest BCUT2D eigenvalue weighted by atomic mass is 32.1. The van der Waals surface area contributed by atoms with Crippen LogP contribution < -0.4 is 5.32 Å². The number of amides is 1. The summed E-state index contributed by atoms with van der Waals surface area (Å²) in [6.45, 7) is 5.87. The van der Waals surface area contributed by atoms with E-state index in [9.17, 15) is 9.59 Å². The number of aromatic nitrogens is 1. The number of carbonyl (C=O) groups is 2. The first-order valence-corrected chi connectivity index (χ1v) is 6.78. The minimum absolute atomic E-state index is 0.114. The lowest BCUT2D eigenvalue weighted by Crippen LogP contribution is -2.27. The molecular weight excluding hydrogens is 252 g/mol. The number of esters is 1. The highest BCUT2D eigenvalue weighted by molar-refractivity contribution is 7.09. The van der Waals surface area contributed by atoms with Crippen LogP contribution in [0.2, 0.25) is 0 Å². The van der Waals surface area contributed by atoms with Crippen molar-refractivity contribution in [2.24, 2.45) is 0 Å². The third-order valence-electron chi connectivity index (χ3n) is 2.25. The van der Waals surface area contributed by atoms with Crippen LogP contribution in [0.25, 0.3) is 0 Å². The molecule has 0 spiro atoms. The molecule has 1 heterocycles. The largest absolute Gasteiger partial charge is 0.466 e. The zero-order valence-corrected chi connectivity index (χ0v) is 11.7. The average molecular weight is 270 g/mol. The van der Waals surface area contributed by atoms with E-state index in [1.54, 1.807) is 6.92 Å². The summed E-state index contributed by atoms with van der Waals surface area (Å²) in [5, 5.41) is 5.62. The third kappa shape index (κ3) is 4.83. The maximum Gasteiger partial charge on any atom is 0.306 e. The molecule has 18 heavy (non-hydrogen) atoms. The first-order chi connectivity index (χ1) is 8.52. The molecule has 1 amide bonds. The monoisotopic (exact) mass is 270 g/mol. The van der Waals surface area contributed by atoms with E-state index in [0.29, 0.717) is 6.61 Å². The lowest BCUT2D eigenvalue weighted by Gasteiger charge is -2.10. The second kappa shape index (κ2) is 7.10. The second-order valence-corrected chi connectivity index (χ2v) is 4.81. The van der Waals surface area contributed by atoms with E-state index in [-0.39, 0.29) is 30.8 Å². The van der Waals surface area contributed by atoms with Gasteiger partial charge < -0.3 is 10.1 Å². The summed E-state index contributed by atoms with van der Waals surface area (Å²) in [6.07, 6.45) is 0.261. The molecule has 5 nitrogen and oxygen atoms in total. The number of thiazole rings is 1. The van der Waals surface area contributed by atoms with E-state index >= 15 is 0 Å². The molecule has 0 aromatic carbocycles. The summed E-state index contributed by atoms with van der Waals surface area (Å²) < 4.78 is 4.76. The van der Waals surface area contributed by atoms with Crippen LogP contribution in [0.1, 0.15) is 43.4 Å². The second-order valence-electron chi connectivity index (χ2n) is 3.92. The van der Waals surface area contributed by atoms with Gasteiger partial charge in [0.1, 0.15) is 5.01 Å². The summed E-state index contributed by atoms with van der Waals surface area (Å²) in [6, 6.07) is -0.126. The Labute approximate surface area is 111 Å². The van der Waals surface area contributed by atoms with Crippen molar-refractivity contribution in [1.82, 2.24) is 10.3 Å². The minimum atomic E-state index is -0.342. The van der Waals surface area contributed by atoms with Crippen molar-refractivity contribution in [3.63, 3.8) is 0 Å². The first kappa shape index (κ1) is 14.6. The molecule has 1 atom stereocenters. The highest BCUT2D eigenvalue weighted by Gasteiger charge is 2.13. The lowest BCUT2D eigenvalue weighted by atomic mass is 10.2. The number of carbonyl (C=O) groups excluding carboxylic acids is 2. The fourth-order valence-corrected chi connectivity index (χ4v) is 2.20. The van der Waals surface area contributed by atoms with Gasteiger partial charge in [-0.15, -0.1) is 11.3 Å². The Hall–Kier alpha value is -1.43. The zero-order chi connectivity index (χ0) is 13.5. The molecule has 0 saturated carbocycles. The highest BCUT2D eigenvalue weighted by Crippen LogP contribution is 2.17. The molecule has 1 N–H and O–H groups in total. The molecule has 0 aliphatic heterocycles. The molecule has 0 aliphatic rings. The van der Waals surface area contributed by atoms with E-state index in [1.807, 2.05) is 19.2 Å². The predicted molar refractivity (Wildman–Crippen MR) is 69.3 cm³/mol. The van der Waals surface area contributed by atoms with Gasteiger partial charge in [-0.1, -0.05) is 0 Å². The van der Waals surface area contributed by atoms with Gasteiger partial charge in [0, 0.05) is 17.5 Å². The number of aryl methyl sites for hydroxylation is 1.